The van der Waals surface area contributed by atoms with Crippen LogP contribution >= 0.6 is 15.9 Å². The summed E-state index contributed by atoms with van der Waals surface area (Å²) in [7, 11) is 1.43. The van der Waals surface area contributed by atoms with Crippen LogP contribution in [0.4, 0.5) is 5.82 Å². The van der Waals surface area contributed by atoms with Crippen molar-refractivity contribution < 1.29 is 9.53 Å². The molecule has 5 heteroatoms. The van der Waals surface area contributed by atoms with Gasteiger partial charge in [-0.25, -0.2) is 4.98 Å². The predicted molar refractivity (Wildman–Crippen MR) is 93.2 cm³/mol. The van der Waals surface area contributed by atoms with E-state index < -0.39 is 0 Å². The van der Waals surface area contributed by atoms with Gasteiger partial charge in [0.15, 0.2) is 0 Å². The number of hydrogen-bond donors (Lipinski definition) is 1. The Morgan fingerprint density at radius 1 is 1.32 bits per heavy atom. The number of nitrogens with zero attached hydrogens (tertiary/aromatic N) is 1. The maximum atomic E-state index is 11.0. The molecule has 0 saturated heterocycles. The SMILES string of the molecule is COC(=O)CCCCCNc1ncc(C)c2c(Br)cccc12. The number of rotatable bonds is 7. The van der Waals surface area contributed by atoms with Crippen molar-refractivity contribution in [3.63, 3.8) is 0 Å². The number of carbonyl (C=O) groups is 1. The molecule has 1 aromatic carbocycles. The lowest BCUT2D eigenvalue weighted by atomic mass is 10.1. The molecule has 118 valence electrons. The molecule has 0 bridgehead atoms. The number of esters is 1. The second-order valence-corrected chi connectivity index (χ2v) is 6.12. The molecule has 1 aromatic heterocycles. The topological polar surface area (TPSA) is 51.2 Å². The summed E-state index contributed by atoms with van der Waals surface area (Å²) in [5, 5.41) is 5.72. The van der Waals surface area contributed by atoms with Gasteiger partial charge in [-0.05, 0) is 31.4 Å². The Morgan fingerprint density at radius 2 is 2.14 bits per heavy atom. The molecule has 0 fully saturated rings. The molecule has 0 unspecified atom stereocenters. The number of hydrogen-bond acceptors (Lipinski definition) is 4. The fraction of sp³-hybridized carbons (Fsp3) is 0.412. The summed E-state index contributed by atoms with van der Waals surface area (Å²) in [6, 6.07) is 6.15. The average Bonchev–Trinajstić information content (AvgIpc) is 2.52. The largest absolute Gasteiger partial charge is 0.469 e. The number of anilines is 1. The first kappa shape index (κ1) is 16.7. The van der Waals surface area contributed by atoms with Crippen molar-refractivity contribution in [3.05, 3.63) is 34.4 Å². The van der Waals surface area contributed by atoms with Crippen molar-refractivity contribution in [1.82, 2.24) is 4.98 Å². The Morgan fingerprint density at radius 3 is 2.91 bits per heavy atom. The van der Waals surface area contributed by atoms with Crippen molar-refractivity contribution in [1.29, 1.82) is 0 Å². The third-order valence-corrected chi connectivity index (χ3v) is 4.29. The number of carbonyl (C=O) groups excluding carboxylic acids is 1. The maximum absolute atomic E-state index is 11.0. The summed E-state index contributed by atoms with van der Waals surface area (Å²) in [6.45, 7) is 2.91. The quantitative estimate of drug-likeness (QED) is 0.582. The zero-order valence-electron chi connectivity index (χ0n) is 13.0. The van der Waals surface area contributed by atoms with Crippen molar-refractivity contribution in [2.45, 2.75) is 32.6 Å². The highest BCUT2D eigenvalue weighted by atomic mass is 79.9. The number of halogens is 1. The molecule has 1 heterocycles. The summed E-state index contributed by atoms with van der Waals surface area (Å²) in [6.07, 6.45) is 5.25. The van der Waals surface area contributed by atoms with Crippen LogP contribution in [0.3, 0.4) is 0 Å². The highest BCUT2D eigenvalue weighted by molar-refractivity contribution is 9.10. The Balaban J connectivity index is 1.91. The van der Waals surface area contributed by atoms with Gasteiger partial charge in [-0.15, -0.1) is 0 Å². The van der Waals surface area contributed by atoms with Crippen LogP contribution in [-0.2, 0) is 9.53 Å². The van der Waals surface area contributed by atoms with Gasteiger partial charge < -0.3 is 10.1 Å². The first-order valence-corrected chi connectivity index (χ1v) is 8.27. The molecule has 0 saturated carbocycles. The van der Waals surface area contributed by atoms with Crippen LogP contribution in [0.5, 0.6) is 0 Å². The van der Waals surface area contributed by atoms with Crippen LogP contribution < -0.4 is 5.32 Å². The molecular weight excluding hydrogens is 344 g/mol. The standard InChI is InChI=1S/C17H21BrN2O2/c1-12-11-20-17(13-7-6-8-14(18)16(12)13)19-10-5-3-4-9-15(21)22-2/h6-8,11H,3-5,9-10H2,1-2H3,(H,19,20). The fourth-order valence-corrected chi connectivity index (χ4v) is 3.12. The number of fused-ring (bicyclic) bond motifs is 1. The Bertz CT molecular complexity index is 650. The molecule has 0 spiro atoms. The van der Waals surface area contributed by atoms with Crippen LogP contribution in [0.25, 0.3) is 10.8 Å². The van der Waals surface area contributed by atoms with E-state index in [-0.39, 0.29) is 5.97 Å². The third kappa shape index (κ3) is 4.19. The first-order chi connectivity index (χ1) is 10.6. The second-order valence-electron chi connectivity index (χ2n) is 5.27. The zero-order chi connectivity index (χ0) is 15.9. The van der Waals surface area contributed by atoms with Gasteiger partial charge in [0.25, 0.3) is 0 Å². The minimum Gasteiger partial charge on any atom is -0.469 e. The number of methoxy groups -OCH3 is 1. The van der Waals surface area contributed by atoms with Crippen LogP contribution in [0.15, 0.2) is 28.9 Å². The third-order valence-electron chi connectivity index (χ3n) is 3.63. The number of aromatic nitrogens is 1. The monoisotopic (exact) mass is 364 g/mol. The molecular formula is C17H21BrN2O2. The fourth-order valence-electron chi connectivity index (χ4n) is 2.44. The zero-order valence-corrected chi connectivity index (χ0v) is 14.6. The van der Waals surface area contributed by atoms with Crippen LogP contribution in [0.1, 0.15) is 31.2 Å². The number of benzene rings is 1. The number of aryl methyl sites for hydroxylation is 1. The molecule has 0 atom stereocenters. The summed E-state index contributed by atoms with van der Waals surface area (Å²) in [5.41, 5.74) is 1.16. The van der Waals surface area contributed by atoms with E-state index in [1.807, 2.05) is 18.3 Å². The summed E-state index contributed by atoms with van der Waals surface area (Å²) >= 11 is 3.61. The molecule has 0 radical (unpaired) electrons. The van der Waals surface area contributed by atoms with E-state index in [1.165, 1.54) is 12.5 Å². The minimum absolute atomic E-state index is 0.135. The molecule has 0 aliphatic carbocycles. The van der Waals surface area contributed by atoms with Crippen LogP contribution in [0, 0.1) is 6.92 Å². The number of ether oxygens (including phenoxy) is 1. The van der Waals surface area contributed by atoms with Crippen molar-refractivity contribution in [2.75, 3.05) is 19.0 Å². The van der Waals surface area contributed by atoms with E-state index >= 15 is 0 Å². The molecule has 4 nitrogen and oxygen atoms in total. The molecule has 0 aliphatic heterocycles. The van der Waals surface area contributed by atoms with Crippen molar-refractivity contribution >= 4 is 38.5 Å². The highest BCUT2D eigenvalue weighted by Gasteiger charge is 2.07. The van der Waals surface area contributed by atoms with Gasteiger partial charge in [-0.3, -0.25) is 4.79 Å². The minimum atomic E-state index is -0.135. The lowest BCUT2D eigenvalue weighted by Gasteiger charge is -2.11. The second kappa shape index (κ2) is 8.13. The summed E-state index contributed by atoms with van der Waals surface area (Å²) < 4.78 is 5.72. The Labute approximate surface area is 139 Å². The van der Waals surface area contributed by atoms with E-state index in [4.69, 9.17) is 0 Å². The van der Waals surface area contributed by atoms with E-state index in [1.54, 1.807) is 0 Å². The average molecular weight is 365 g/mol. The van der Waals surface area contributed by atoms with Gasteiger partial charge in [0.2, 0.25) is 0 Å². The molecule has 0 amide bonds. The van der Waals surface area contributed by atoms with Gasteiger partial charge in [-0.2, -0.15) is 0 Å². The first-order valence-electron chi connectivity index (χ1n) is 7.48. The number of pyridine rings is 1. The molecule has 0 aliphatic rings. The van der Waals surface area contributed by atoms with Gasteiger partial charge >= 0.3 is 5.97 Å². The maximum Gasteiger partial charge on any atom is 0.305 e. The Kier molecular flexibility index (Phi) is 6.19. The summed E-state index contributed by atoms with van der Waals surface area (Å²) in [5.74, 6) is 0.777. The van der Waals surface area contributed by atoms with Crippen molar-refractivity contribution in [3.8, 4) is 0 Å². The van der Waals surface area contributed by atoms with Crippen LogP contribution in [-0.4, -0.2) is 24.6 Å². The predicted octanol–water partition coefficient (Wildman–Crippen LogP) is 4.45. The smallest absolute Gasteiger partial charge is 0.305 e. The van der Waals surface area contributed by atoms with Gasteiger partial charge in [0.1, 0.15) is 5.82 Å². The Hall–Kier alpha value is -1.62. The lowest BCUT2D eigenvalue weighted by Crippen LogP contribution is -2.05. The normalized spacial score (nSPS) is 10.7. The van der Waals surface area contributed by atoms with Gasteiger partial charge in [-0.1, -0.05) is 34.5 Å². The van der Waals surface area contributed by atoms with Crippen LogP contribution in [0.2, 0.25) is 0 Å². The summed E-state index contributed by atoms with van der Waals surface area (Å²) in [4.78, 5) is 15.5. The molecule has 2 aromatic rings. The van der Waals surface area contributed by atoms with E-state index in [2.05, 4.69) is 44.0 Å². The van der Waals surface area contributed by atoms with E-state index in [9.17, 15) is 4.79 Å². The molecule has 2 rings (SSSR count). The van der Waals surface area contributed by atoms with Gasteiger partial charge in [0.05, 0.1) is 7.11 Å². The molecule has 22 heavy (non-hydrogen) atoms. The van der Waals surface area contributed by atoms with E-state index in [0.29, 0.717) is 6.42 Å². The number of unbranched alkanes of at least 4 members (excludes halogenated alkanes) is 2. The van der Waals surface area contributed by atoms with E-state index in [0.717, 1.165) is 47.0 Å². The van der Waals surface area contributed by atoms with Crippen molar-refractivity contribution in [2.24, 2.45) is 0 Å². The van der Waals surface area contributed by atoms with Gasteiger partial charge in [0, 0.05) is 34.4 Å². The lowest BCUT2D eigenvalue weighted by molar-refractivity contribution is -0.140. The molecule has 1 N–H and O–H groups in total. The number of nitrogens with one attached hydrogen (secondary N) is 1. The highest BCUT2D eigenvalue weighted by Crippen LogP contribution is 2.30.